The van der Waals surface area contributed by atoms with Gasteiger partial charge in [0.05, 0.1) is 30.3 Å². The average Bonchev–Trinajstić information content (AvgIpc) is 3.21. The summed E-state index contributed by atoms with van der Waals surface area (Å²) in [6.45, 7) is 0.0933. The minimum atomic E-state index is -5.09. The van der Waals surface area contributed by atoms with Crippen LogP contribution in [0.1, 0.15) is 46.7 Å². The molecule has 0 radical (unpaired) electrons. The minimum Gasteiger partial charge on any atom is -0.394 e. The van der Waals surface area contributed by atoms with Crippen molar-refractivity contribution in [1.29, 1.82) is 0 Å². The third kappa shape index (κ3) is 6.42. The van der Waals surface area contributed by atoms with Gasteiger partial charge in [0.2, 0.25) is 0 Å². The predicted molar refractivity (Wildman–Crippen MR) is 124 cm³/mol. The molecule has 4 rings (SSSR count). The second kappa shape index (κ2) is 10.8. The van der Waals surface area contributed by atoms with Crippen molar-refractivity contribution in [3.05, 3.63) is 64.2 Å². The Balaban J connectivity index is 1.88. The summed E-state index contributed by atoms with van der Waals surface area (Å²) in [5.41, 5.74) is -2.94. The van der Waals surface area contributed by atoms with Gasteiger partial charge >= 0.3 is 18.7 Å². The third-order valence-electron chi connectivity index (χ3n) is 6.37. The molecule has 218 valence electrons. The molecular formula is C24H23F9N6O. The fourth-order valence-corrected chi connectivity index (χ4v) is 4.65. The number of nitrogens with zero attached hydrogens (tertiary/aromatic N) is 6. The van der Waals surface area contributed by atoms with E-state index in [4.69, 9.17) is 0 Å². The number of aliphatic hydroxyl groups excluding tert-OH is 1. The van der Waals surface area contributed by atoms with E-state index in [2.05, 4.69) is 15.4 Å². The number of fused-ring (bicyclic) bond motifs is 1. The van der Waals surface area contributed by atoms with E-state index >= 15 is 0 Å². The molecule has 0 amide bonds. The zero-order chi connectivity index (χ0) is 29.5. The molecular weight excluding hydrogens is 559 g/mol. The van der Waals surface area contributed by atoms with E-state index in [-0.39, 0.29) is 47.6 Å². The molecule has 16 heteroatoms. The predicted octanol–water partition coefficient (Wildman–Crippen LogP) is 5.88. The fraction of sp³-hybridized carbons (Fsp3) is 0.458. The van der Waals surface area contributed by atoms with Crippen LogP contribution in [0.5, 0.6) is 0 Å². The van der Waals surface area contributed by atoms with Crippen molar-refractivity contribution < 1.29 is 44.6 Å². The summed E-state index contributed by atoms with van der Waals surface area (Å²) in [6.07, 6.45) is -14.9. The highest BCUT2D eigenvalue weighted by molar-refractivity contribution is 5.60. The number of aryl methyl sites for hydroxylation is 1. The third-order valence-corrected chi connectivity index (χ3v) is 6.37. The summed E-state index contributed by atoms with van der Waals surface area (Å²) in [6, 6.07) is 4.36. The number of hydrogen-bond acceptors (Lipinski definition) is 6. The van der Waals surface area contributed by atoms with Gasteiger partial charge < -0.3 is 10.0 Å². The van der Waals surface area contributed by atoms with Gasteiger partial charge in [-0.05, 0) is 60.4 Å². The van der Waals surface area contributed by atoms with Crippen LogP contribution in [-0.4, -0.2) is 44.8 Å². The molecule has 1 aliphatic rings. The molecule has 1 aliphatic heterocycles. The van der Waals surface area contributed by atoms with Crippen molar-refractivity contribution in [3.8, 4) is 0 Å². The Labute approximate surface area is 221 Å². The van der Waals surface area contributed by atoms with Gasteiger partial charge in [0, 0.05) is 18.8 Å². The summed E-state index contributed by atoms with van der Waals surface area (Å²) in [5, 5.41) is 20.9. The van der Waals surface area contributed by atoms with Crippen molar-refractivity contribution in [2.24, 2.45) is 0 Å². The molecule has 40 heavy (non-hydrogen) atoms. The number of aromatic nitrogens is 4. The number of tetrazole rings is 1. The molecule has 0 unspecified atom stereocenters. The van der Waals surface area contributed by atoms with Gasteiger partial charge in [-0.1, -0.05) is 22.8 Å². The van der Waals surface area contributed by atoms with E-state index in [1.165, 1.54) is 23.1 Å². The van der Waals surface area contributed by atoms with E-state index in [0.29, 0.717) is 17.7 Å². The van der Waals surface area contributed by atoms with Crippen LogP contribution in [0.4, 0.5) is 51.1 Å². The number of benzene rings is 2. The van der Waals surface area contributed by atoms with E-state index in [9.17, 15) is 44.6 Å². The standard InChI is InChI=1S/C24H23F9N6O/c1-14-4-5-20-18(9-14)19(3-2-6-38(20)24(31,32)33)37(21-34-36-39(35-21)7-8-40)13-15-10-16(22(25,26)27)12-17(11-15)23(28,29)30/h4-5,9-12,19,40H,2-3,6-8,13H2,1H3/t19-/m0/s1. The topological polar surface area (TPSA) is 70.3 Å². The van der Waals surface area contributed by atoms with Crippen LogP contribution in [0.2, 0.25) is 0 Å². The number of aliphatic hydroxyl groups is 1. The smallest absolute Gasteiger partial charge is 0.394 e. The van der Waals surface area contributed by atoms with Crippen molar-refractivity contribution >= 4 is 11.6 Å². The Kier molecular flexibility index (Phi) is 7.93. The fourth-order valence-electron chi connectivity index (χ4n) is 4.65. The van der Waals surface area contributed by atoms with Gasteiger partial charge in [-0.15, -0.1) is 5.10 Å². The summed E-state index contributed by atoms with van der Waals surface area (Å²) in [5.74, 6) is -0.239. The van der Waals surface area contributed by atoms with E-state index in [1.807, 2.05) is 0 Å². The first kappa shape index (κ1) is 29.4. The average molecular weight is 582 g/mol. The SMILES string of the molecule is Cc1ccc2c(c1)[C@@H](N(Cc1cc(C(F)(F)F)cc(C(F)(F)F)c1)c1nnn(CCO)n1)CCCN2C(F)(F)F. The number of halogens is 9. The molecule has 0 spiro atoms. The molecule has 1 N–H and O–H groups in total. The Morgan fingerprint density at radius 1 is 0.950 bits per heavy atom. The maximum absolute atomic E-state index is 13.9. The highest BCUT2D eigenvalue weighted by atomic mass is 19.4. The van der Waals surface area contributed by atoms with E-state index in [1.54, 1.807) is 6.92 Å². The second-order valence-corrected chi connectivity index (χ2v) is 9.29. The Morgan fingerprint density at radius 3 is 2.17 bits per heavy atom. The van der Waals surface area contributed by atoms with Crippen LogP contribution < -0.4 is 9.80 Å². The van der Waals surface area contributed by atoms with Gasteiger partial charge in [0.25, 0.3) is 5.95 Å². The Morgan fingerprint density at radius 2 is 1.60 bits per heavy atom. The van der Waals surface area contributed by atoms with Gasteiger partial charge in [-0.2, -0.15) is 44.3 Å². The summed E-state index contributed by atoms with van der Waals surface area (Å²) < 4.78 is 123. The van der Waals surface area contributed by atoms with Gasteiger partial charge in [0.15, 0.2) is 0 Å². The first-order valence-electron chi connectivity index (χ1n) is 12.0. The molecule has 0 aliphatic carbocycles. The molecule has 3 aromatic rings. The van der Waals surface area contributed by atoms with E-state index in [0.717, 1.165) is 4.80 Å². The minimum absolute atomic E-state index is 0.00483. The Bertz CT molecular complexity index is 1300. The van der Waals surface area contributed by atoms with Crippen LogP contribution in [0.3, 0.4) is 0 Å². The summed E-state index contributed by atoms with van der Waals surface area (Å²) in [7, 11) is 0. The zero-order valence-corrected chi connectivity index (χ0v) is 20.8. The molecule has 1 aromatic heterocycles. The number of alkyl halides is 9. The van der Waals surface area contributed by atoms with Gasteiger partial charge in [0.1, 0.15) is 0 Å². The molecule has 1 atom stereocenters. The number of rotatable bonds is 6. The molecule has 0 fully saturated rings. The normalized spacial score (nSPS) is 16.6. The summed E-state index contributed by atoms with van der Waals surface area (Å²) in [4.78, 5) is 2.46. The quantitative estimate of drug-likeness (QED) is 0.289. The maximum Gasteiger partial charge on any atom is 0.484 e. The first-order valence-corrected chi connectivity index (χ1v) is 12.0. The monoisotopic (exact) mass is 582 g/mol. The van der Waals surface area contributed by atoms with Crippen LogP contribution in [0.25, 0.3) is 0 Å². The maximum atomic E-state index is 13.9. The van der Waals surface area contributed by atoms with Crippen LogP contribution >= 0.6 is 0 Å². The van der Waals surface area contributed by atoms with Crippen LogP contribution in [0, 0.1) is 6.92 Å². The lowest BCUT2D eigenvalue weighted by Gasteiger charge is -2.33. The van der Waals surface area contributed by atoms with Crippen LogP contribution in [0.15, 0.2) is 36.4 Å². The van der Waals surface area contributed by atoms with Gasteiger partial charge in [-0.3, -0.25) is 4.90 Å². The number of hydrogen-bond donors (Lipinski definition) is 1. The lowest BCUT2D eigenvalue weighted by molar-refractivity contribution is -0.143. The molecule has 0 saturated heterocycles. The lowest BCUT2D eigenvalue weighted by Crippen LogP contribution is -2.38. The van der Waals surface area contributed by atoms with E-state index < -0.39 is 61.1 Å². The van der Waals surface area contributed by atoms with Crippen molar-refractivity contribution in [2.45, 2.75) is 57.5 Å². The number of anilines is 2. The highest BCUT2D eigenvalue weighted by Gasteiger charge is 2.42. The molecule has 7 nitrogen and oxygen atoms in total. The Hall–Kier alpha value is -3.56. The lowest BCUT2D eigenvalue weighted by atomic mass is 9.97. The van der Waals surface area contributed by atoms with Crippen molar-refractivity contribution in [3.63, 3.8) is 0 Å². The van der Waals surface area contributed by atoms with Gasteiger partial charge in [-0.25, -0.2) is 0 Å². The molecule has 2 aromatic carbocycles. The zero-order valence-electron chi connectivity index (χ0n) is 20.8. The molecule has 0 bridgehead atoms. The second-order valence-electron chi connectivity index (χ2n) is 9.29. The largest absolute Gasteiger partial charge is 0.484 e. The van der Waals surface area contributed by atoms with Crippen molar-refractivity contribution in [2.75, 3.05) is 23.0 Å². The highest BCUT2D eigenvalue weighted by Crippen LogP contribution is 2.43. The molecule has 2 heterocycles. The van der Waals surface area contributed by atoms with Crippen molar-refractivity contribution in [1.82, 2.24) is 20.2 Å². The molecule has 0 saturated carbocycles. The summed E-state index contributed by atoms with van der Waals surface area (Å²) >= 11 is 0. The first-order chi connectivity index (χ1) is 18.6. The van der Waals surface area contributed by atoms with Crippen LogP contribution in [-0.2, 0) is 25.4 Å².